The maximum Gasteiger partial charge on any atom is 0.184 e. The second-order valence-electron chi connectivity index (χ2n) is 8.57. The topological polar surface area (TPSA) is 3.24 Å². The molecular formula is C30H20Br2FNSi. The van der Waals surface area contributed by atoms with E-state index in [0.29, 0.717) is 4.47 Å². The molecule has 0 saturated carbocycles. The average Bonchev–Trinajstić information content (AvgIpc) is 2.89. The first kappa shape index (κ1) is 22.5. The Morgan fingerprint density at radius 3 is 1.80 bits per heavy atom. The van der Waals surface area contributed by atoms with Crippen LogP contribution in [0.4, 0.5) is 21.5 Å². The molecule has 0 radical (unpaired) electrons. The van der Waals surface area contributed by atoms with Gasteiger partial charge >= 0.3 is 0 Å². The number of halogens is 3. The standard InChI is InChI=1S/C30H20Br2FNSi/c31-24-14-9-17-29-30(24)34(26-19-18-21(33)20-25(26)32)27-15-7-8-16-28(27)35(29,22-10-3-1-4-11-22)23-12-5-2-6-13-23/h1-20H. The van der Waals surface area contributed by atoms with E-state index in [1.54, 1.807) is 0 Å². The molecule has 0 amide bonds. The number of para-hydroxylation sites is 2. The molecule has 1 aliphatic heterocycles. The quantitative estimate of drug-likeness (QED) is 0.209. The van der Waals surface area contributed by atoms with E-state index in [2.05, 4.69) is 140 Å². The lowest BCUT2D eigenvalue weighted by Crippen LogP contribution is -2.77. The third-order valence-electron chi connectivity index (χ3n) is 6.73. The Bertz CT molecular complexity index is 1500. The SMILES string of the molecule is Fc1ccc(N2c3ccccc3[Si](c3ccccc3)(c3ccccc3)c3cccc(Br)c32)c(Br)c1. The molecule has 0 N–H and O–H groups in total. The fraction of sp³-hybridized carbons (Fsp3) is 0. The Balaban J connectivity index is 1.80. The van der Waals surface area contributed by atoms with E-state index in [1.165, 1.54) is 32.9 Å². The molecule has 0 fully saturated rings. The molecule has 1 heterocycles. The lowest BCUT2D eigenvalue weighted by molar-refractivity contribution is 0.627. The maximum atomic E-state index is 14.1. The molecule has 5 aromatic carbocycles. The van der Waals surface area contributed by atoms with Crippen molar-refractivity contribution in [2.45, 2.75) is 0 Å². The lowest BCUT2D eigenvalue weighted by atomic mass is 10.1. The summed E-state index contributed by atoms with van der Waals surface area (Å²) in [7, 11) is -2.67. The third kappa shape index (κ3) is 3.45. The minimum atomic E-state index is -2.67. The van der Waals surface area contributed by atoms with Gasteiger partial charge in [-0.1, -0.05) is 91.0 Å². The van der Waals surface area contributed by atoms with Gasteiger partial charge in [-0.05, 0) is 82.9 Å². The first-order valence-electron chi connectivity index (χ1n) is 11.4. The summed E-state index contributed by atoms with van der Waals surface area (Å²) in [5.41, 5.74) is 3.10. The zero-order valence-electron chi connectivity index (χ0n) is 18.6. The van der Waals surface area contributed by atoms with Crippen LogP contribution in [0, 0.1) is 5.82 Å². The highest BCUT2D eigenvalue weighted by Crippen LogP contribution is 2.44. The number of hydrogen-bond donors (Lipinski definition) is 0. The van der Waals surface area contributed by atoms with E-state index < -0.39 is 8.07 Å². The Morgan fingerprint density at radius 2 is 1.14 bits per heavy atom. The van der Waals surface area contributed by atoms with E-state index in [9.17, 15) is 4.39 Å². The van der Waals surface area contributed by atoms with Crippen LogP contribution in [0.1, 0.15) is 0 Å². The summed E-state index contributed by atoms with van der Waals surface area (Å²) in [5, 5.41) is 5.25. The summed E-state index contributed by atoms with van der Waals surface area (Å²) in [6.07, 6.45) is 0. The molecule has 170 valence electrons. The minimum absolute atomic E-state index is 0.268. The van der Waals surface area contributed by atoms with E-state index in [1.807, 2.05) is 6.07 Å². The van der Waals surface area contributed by atoms with Crippen molar-refractivity contribution in [1.29, 1.82) is 0 Å². The van der Waals surface area contributed by atoms with Gasteiger partial charge in [0.1, 0.15) is 5.82 Å². The van der Waals surface area contributed by atoms with Crippen molar-refractivity contribution >= 4 is 77.7 Å². The highest BCUT2D eigenvalue weighted by Gasteiger charge is 2.49. The summed E-state index contributed by atoms with van der Waals surface area (Å²) in [5.74, 6) is -0.268. The Morgan fingerprint density at radius 1 is 0.543 bits per heavy atom. The molecule has 0 unspecified atom stereocenters. The number of nitrogens with zero attached hydrogens (tertiary/aromatic N) is 1. The molecule has 5 aromatic rings. The molecule has 5 heteroatoms. The summed E-state index contributed by atoms with van der Waals surface area (Å²) in [6, 6.07) is 41.8. The fourth-order valence-corrected chi connectivity index (χ4v) is 11.8. The zero-order chi connectivity index (χ0) is 24.0. The molecule has 0 saturated heterocycles. The van der Waals surface area contributed by atoms with Crippen LogP contribution in [-0.2, 0) is 0 Å². The molecule has 1 aliphatic rings. The second-order valence-corrected chi connectivity index (χ2v) is 14.0. The third-order valence-corrected chi connectivity index (χ3v) is 12.8. The van der Waals surface area contributed by atoms with E-state index in [4.69, 9.17) is 0 Å². The highest BCUT2D eigenvalue weighted by molar-refractivity contribution is 9.11. The van der Waals surface area contributed by atoms with Gasteiger partial charge < -0.3 is 4.90 Å². The van der Waals surface area contributed by atoms with E-state index >= 15 is 0 Å². The Hall–Kier alpha value is -2.99. The highest BCUT2D eigenvalue weighted by atomic mass is 79.9. The summed E-state index contributed by atoms with van der Waals surface area (Å²) >= 11 is 7.54. The molecule has 6 rings (SSSR count). The van der Waals surface area contributed by atoms with Crippen LogP contribution in [0.15, 0.2) is 130 Å². The molecule has 0 bridgehead atoms. The van der Waals surface area contributed by atoms with Crippen molar-refractivity contribution < 1.29 is 4.39 Å². The summed E-state index contributed by atoms with van der Waals surface area (Å²) < 4.78 is 15.8. The van der Waals surface area contributed by atoms with Crippen molar-refractivity contribution in [3.8, 4) is 0 Å². The molecular weight excluding hydrogens is 581 g/mol. The second kappa shape index (κ2) is 8.90. The van der Waals surface area contributed by atoms with E-state index in [-0.39, 0.29) is 5.82 Å². The predicted octanol–water partition coefficient (Wildman–Crippen LogP) is 6.51. The van der Waals surface area contributed by atoms with Crippen molar-refractivity contribution in [2.75, 3.05) is 4.90 Å². The van der Waals surface area contributed by atoms with E-state index in [0.717, 1.165) is 21.5 Å². The smallest absolute Gasteiger partial charge is 0.184 e. The molecule has 0 aliphatic carbocycles. The Labute approximate surface area is 222 Å². The van der Waals surface area contributed by atoms with Crippen LogP contribution in [0.25, 0.3) is 0 Å². The fourth-order valence-electron chi connectivity index (χ4n) is 5.37. The molecule has 0 aromatic heterocycles. The molecule has 0 atom stereocenters. The largest absolute Gasteiger partial charge is 0.308 e. The van der Waals surface area contributed by atoms with Gasteiger partial charge in [0.25, 0.3) is 0 Å². The summed E-state index contributed by atoms with van der Waals surface area (Å²) in [4.78, 5) is 2.26. The molecule has 0 spiro atoms. The van der Waals surface area contributed by atoms with Crippen LogP contribution in [-0.4, -0.2) is 8.07 Å². The van der Waals surface area contributed by atoms with Crippen LogP contribution in [0.2, 0.25) is 0 Å². The molecule has 35 heavy (non-hydrogen) atoms. The first-order chi connectivity index (χ1) is 17.1. The van der Waals surface area contributed by atoms with Crippen molar-refractivity contribution in [3.63, 3.8) is 0 Å². The number of fused-ring (bicyclic) bond motifs is 2. The zero-order valence-corrected chi connectivity index (χ0v) is 22.8. The molecule has 1 nitrogen and oxygen atoms in total. The van der Waals surface area contributed by atoms with Crippen molar-refractivity contribution in [1.82, 2.24) is 0 Å². The first-order valence-corrected chi connectivity index (χ1v) is 15.0. The van der Waals surface area contributed by atoms with Gasteiger partial charge in [-0.15, -0.1) is 0 Å². The van der Waals surface area contributed by atoms with Crippen LogP contribution < -0.4 is 25.6 Å². The van der Waals surface area contributed by atoms with Gasteiger partial charge in [0.2, 0.25) is 0 Å². The number of benzene rings is 5. The van der Waals surface area contributed by atoms with Crippen LogP contribution in [0.3, 0.4) is 0 Å². The van der Waals surface area contributed by atoms with Gasteiger partial charge in [-0.2, -0.15) is 0 Å². The van der Waals surface area contributed by atoms with Gasteiger partial charge in [0.05, 0.1) is 11.4 Å². The van der Waals surface area contributed by atoms with Gasteiger partial charge in [-0.25, -0.2) is 4.39 Å². The Kier molecular flexibility index (Phi) is 5.71. The summed E-state index contributed by atoms with van der Waals surface area (Å²) in [6.45, 7) is 0. The van der Waals surface area contributed by atoms with Gasteiger partial charge in [-0.3, -0.25) is 0 Å². The number of anilines is 3. The van der Waals surface area contributed by atoms with Gasteiger partial charge in [0, 0.05) is 14.6 Å². The van der Waals surface area contributed by atoms with Crippen LogP contribution >= 0.6 is 31.9 Å². The average molecular weight is 601 g/mol. The van der Waals surface area contributed by atoms with Gasteiger partial charge in [0.15, 0.2) is 8.07 Å². The minimum Gasteiger partial charge on any atom is -0.308 e. The lowest BCUT2D eigenvalue weighted by Gasteiger charge is -2.45. The number of rotatable bonds is 3. The maximum absolute atomic E-state index is 14.1. The monoisotopic (exact) mass is 599 g/mol. The van der Waals surface area contributed by atoms with Crippen molar-refractivity contribution in [2.24, 2.45) is 0 Å². The number of hydrogen-bond acceptors (Lipinski definition) is 1. The normalized spacial score (nSPS) is 13.7. The predicted molar refractivity (Wildman–Crippen MR) is 154 cm³/mol. The van der Waals surface area contributed by atoms with Crippen molar-refractivity contribution in [3.05, 3.63) is 136 Å². The van der Waals surface area contributed by atoms with Crippen LogP contribution in [0.5, 0.6) is 0 Å².